The zero-order valence-electron chi connectivity index (χ0n) is 68.8. The van der Waals surface area contributed by atoms with E-state index in [1.54, 1.807) is 117 Å². The number of carboxylic acid groups (broad SMARTS) is 13. The van der Waals surface area contributed by atoms with Gasteiger partial charge in [-0.05, 0) is 92.1 Å². The molecule has 0 saturated carbocycles. The van der Waals surface area contributed by atoms with Crippen LogP contribution < -0.4 is 58.8 Å². The van der Waals surface area contributed by atoms with E-state index in [1.165, 1.54) is 68.1 Å². The summed E-state index contributed by atoms with van der Waals surface area (Å²) < 4.78 is 0. The van der Waals surface area contributed by atoms with Gasteiger partial charge in [0.05, 0.1) is 120 Å². The number of amides is 1. The Hall–Kier alpha value is -15.2. The first-order valence-electron chi connectivity index (χ1n) is 38.8. The molecule has 2 heterocycles. The van der Waals surface area contributed by atoms with Crippen molar-refractivity contribution in [2.45, 2.75) is 32.1 Å². The van der Waals surface area contributed by atoms with Crippen molar-refractivity contribution in [3.05, 3.63) is 151 Å². The van der Waals surface area contributed by atoms with Gasteiger partial charge in [-0.1, -0.05) is 72.8 Å². The van der Waals surface area contributed by atoms with Crippen LogP contribution >= 0.6 is 0 Å². The largest absolute Gasteiger partial charge is 0.666 e. The summed E-state index contributed by atoms with van der Waals surface area (Å²) in [6, 6.07) is 38.4. The Morgan fingerprint density at radius 3 is 0.539 bits per heavy atom. The molecule has 0 aromatic heterocycles. The van der Waals surface area contributed by atoms with Gasteiger partial charge in [0, 0.05) is 57.8 Å². The van der Waals surface area contributed by atoms with Crippen molar-refractivity contribution >= 4 is 175 Å². The summed E-state index contributed by atoms with van der Waals surface area (Å²) in [5, 5.41) is 123. The number of para-hydroxylation sites is 12. The van der Waals surface area contributed by atoms with Crippen LogP contribution in [0.5, 0.6) is 0 Å². The van der Waals surface area contributed by atoms with Gasteiger partial charge in [-0.25, -0.2) is 0 Å². The fourth-order valence-corrected chi connectivity index (χ4v) is 14.2. The van der Waals surface area contributed by atoms with E-state index in [0.29, 0.717) is 29.2 Å². The molecule has 2 saturated heterocycles. The number of ketones is 4. The molecule has 45 heteroatoms. The number of Topliss-reactive ketones (excluding diaryl/α,β-unsaturated/α-hetero) is 4. The van der Waals surface area contributed by atoms with Gasteiger partial charge >= 0.3 is 77.6 Å². The SMILES string of the molecule is O=C(O)CN(CCCN(CC(=O)O)c1ccccc1N(CC(=O)O)CC(=O)O)c1ccccc1N(CC(=O)O)CC(=O)O.O=C(O)CN(CCCN(CC(=O)O)c1ccccc1N1CC(=O)CC(=O)C1)c1ccccc1N1CC(=O)CC(=O)C1.[NH-]C(=O)CN(CC(=O)O)c1ccccc1N(CCCN(CC(=O)O)c1ccccc1N(CC(=O)O)CC(=O)O)CC(=O)O.[V]. The number of hydrogen-bond donors (Lipinski definition) is 13. The predicted octanol–water partition coefficient (Wildman–Crippen LogP) is 2.77. The van der Waals surface area contributed by atoms with Gasteiger partial charge in [-0.15, -0.1) is 0 Å². The molecular formula is C83H96N13O31V-. The topological polar surface area (TPSA) is 633 Å². The van der Waals surface area contributed by atoms with Crippen LogP contribution in [0.3, 0.4) is 0 Å². The summed E-state index contributed by atoms with van der Waals surface area (Å²) in [7, 11) is 0. The molecule has 44 nitrogen and oxygen atoms in total. The zero-order valence-corrected chi connectivity index (χ0v) is 70.2. The van der Waals surface area contributed by atoms with Gasteiger partial charge in [-0.3, -0.25) is 81.5 Å². The van der Waals surface area contributed by atoms with Crippen molar-refractivity contribution in [1.82, 2.24) is 0 Å². The number of nitrogens with one attached hydrogen (secondary N) is 1. The number of rotatable bonds is 52. The van der Waals surface area contributed by atoms with Gasteiger partial charge in [0.1, 0.15) is 85.1 Å². The Morgan fingerprint density at radius 2 is 0.367 bits per heavy atom. The van der Waals surface area contributed by atoms with Crippen molar-refractivity contribution in [2.75, 3.05) is 216 Å². The number of aliphatic carboxylic acids is 13. The molecule has 6 aromatic carbocycles. The molecule has 0 spiro atoms. The summed E-state index contributed by atoms with van der Waals surface area (Å²) in [6.45, 7) is -7.36. The van der Waals surface area contributed by atoms with E-state index < -0.39 is 162 Å². The normalized spacial score (nSPS) is 12.0. The third-order valence-electron chi connectivity index (χ3n) is 18.8. The van der Waals surface area contributed by atoms with E-state index in [1.807, 2.05) is 0 Å². The smallest absolute Gasteiger partial charge is 0.323 e. The maximum absolute atomic E-state index is 12.1. The Labute approximate surface area is 742 Å². The summed E-state index contributed by atoms with van der Waals surface area (Å²) in [6.07, 6.45) is 0.422. The quantitative estimate of drug-likeness (QED) is 0.0244. The minimum Gasteiger partial charge on any atom is -0.666 e. The second-order valence-electron chi connectivity index (χ2n) is 28.7. The fourth-order valence-electron chi connectivity index (χ4n) is 14.2. The number of carbonyl (C=O) groups excluding carboxylic acids is 5. The Balaban J connectivity index is 0.000000339. The van der Waals surface area contributed by atoms with Crippen LogP contribution in [0, 0.1) is 0 Å². The molecule has 128 heavy (non-hydrogen) atoms. The molecule has 8 rings (SSSR count). The molecule has 14 N–H and O–H groups in total. The molecule has 0 bridgehead atoms. The third kappa shape index (κ3) is 34.5. The van der Waals surface area contributed by atoms with E-state index in [-0.39, 0.29) is 191 Å². The van der Waals surface area contributed by atoms with Crippen molar-refractivity contribution in [3.8, 4) is 0 Å². The van der Waals surface area contributed by atoms with Gasteiger partial charge in [0.15, 0.2) is 23.1 Å². The van der Waals surface area contributed by atoms with Crippen LogP contribution in [-0.4, -0.2) is 330 Å². The Bertz CT molecular complexity index is 4400. The average molecular weight is 1820 g/mol. The molecule has 0 aliphatic carbocycles. The first kappa shape index (κ1) is 103. The van der Waals surface area contributed by atoms with E-state index in [0.717, 1.165) is 19.6 Å². The van der Waals surface area contributed by atoms with Crippen LogP contribution in [0.4, 0.5) is 68.2 Å². The van der Waals surface area contributed by atoms with E-state index in [2.05, 4.69) is 0 Å². The van der Waals surface area contributed by atoms with E-state index in [4.69, 9.17) is 5.73 Å². The second kappa shape index (κ2) is 51.1. The van der Waals surface area contributed by atoms with Crippen molar-refractivity contribution in [1.29, 1.82) is 0 Å². The van der Waals surface area contributed by atoms with Crippen LogP contribution in [0.15, 0.2) is 146 Å². The van der Waals surface area contributed by atoms with E-state index in [9.17, 15) is 153 Å². The summed E-state index contributed by atoms with van der Waals surface area (Å²) >= 11 is 0. The monoisotopic (exact) mass is 1820 g/mol. The number of benzene rings is 6. The Kier molecular flexibility index (Phi) is 41.3. The molecule has 2 fully saturated rings. The number of nitrogens with zero attached hydrogens (tertiary/aromatic N) is 12. The van der Waals surface area contributed by atoms with Crippen LogP contribution in [0.1, 0.15) is 32.1 Å². The Morgan fingerprint density at radius 1 is 0.227 bits per heavy atom. The minimum atomic E-state index is -1.30. The minimum absolute atomic E-state index is 0. The third-order valence-corrected chi connectivity index (χ3v) is 18.8. The average Bonchev–Trinajstić information content (AvgIpc) is 0.802. The number of hydrogen-bond acceptors (Lipinski definition) is 30. The molecule has 6 aromatic rings. The zero-order chi connectivity index (χ0) is 93.7. The first-order chi connectivity index (χ1) is 60.2. The second-order valence-corrected chi connectivity index (χ2v) is 28.7. The molecule has 685 valence electrons. The van der Waals surface area contributed by atoms with Crippen molar-refractivity contribution < 1.29 is 171 Å². The van der Waals surface area contributed by atoms with Crippen LogP contribution in [0.25, 0.3) is 5.73 Å². The summed E-state index contributed by atoms with van der Waals surface area (Å²) in [4.78, 5) is 227. The molecule has 1 radical (unpaired) electrons. The van der Waals surface area contributed by atoms with Gasteiger partial charge < -0.3 is 136 Å². The van der Waals surface area contributed by atoms with Gasteiger partial charge in [0.25, 0.3) is 0 Å². The van der Waals surface area contributed by atoms with Crippen molar-refractivity contribution in [3.63, 3.8) is 0 Å². The molecule has 2 aliphatic heterocycles. The van der Waals surface area contributed by atoms with Gasteiger partial charge in [-0.2, -0.15) is 0 Å². The molecule has 0 atom stereocenters. The summed E-state index contributed by atoms with van der Waals surface area (Å²) in [5.74, 6) is -18.0. The molecule has 0 unspecified atom stereocenters. The molecular weight excluding hydrogens is 1730 g/mol. The first-order valence-corrected chi connectivity index (χ1v) is 38.8. The van der Waals surface area contributed by atoms with Crippen LogP contribution in [-0.2, 0) is 105 Å². The van der Waals surface area contributed by atoms with Crippen LogP contribution in [0.2, 0.25) is 0 Å². The molecule has 1 amide bonds. The fraction of sp³-hybridized carbons (Fsp3) is 0.349. The number of anilines is 12. The number of carbonyl (C=O) groups is 18. The maximum Gasteiger partial charge on any atom is 0.323 e. The summed E-state index contributed by atoms with van der Waals surface area (Å²) in [5.41, 5.74) is 11.3. The van der Waals surface area contributed by atoms with E-state index >= 15 is 0 Å². The predicted molar refractivity (Wildman–Crippen MR) is 457 cm³/mol. The molecule has 2 aliphatic rings. The number of piperidine rings is 2. The number of carboxylic acids is 13. The van der Waals surface area contributed by atoms with Gasteiger partial charge in [0.2, 0.25) is 0 Å². The standard InChI is InChI=1S/C29H32N4O8.C27H33N5O11.C27H32N4O12.V/c34-20-12-21(35)15-32(14-20)26-8-3-1-6-24(26)30(18-28(38)39)10-5-11-31(19-29(40)41)25-7-2-4-9-27(25)33-16-22(36)13-23(37)17-33;28-22(33)12-31(15-25(38)39)20-8-3-1-6-18(20)29(13-23(34)35)10-5-11-30(14-24(36)37)19-7-2-4-9-21(19)32(16-26(40)41)17-27(42)43;32-22(33)12-28(18-6-1-3-8-20(18)30(14-24(36)37)15-25(38)39)10-5-11-29(13-23(34)35)19-7-2-4-9-21(19)31(16-26(40)41)17-27(42)43;/h1-4,6-9H,5,10-19H2,(H,38,39)(H,40,41);1-4,6-9H,5,10-17H2,(H7,28,33,34,35,36,37,38,39,40,41,42,43);1-4,6-9H,5,10-17H2,(H,32,33)(H,34,35)(H,36,37)(H,38,39)(H,40,41)(H,42,43);/p-1. The maximum atomic E-state index is 12.1. The van der Waals surface area contributed by atoms with Crippen molar-refractivity contribution in [2.24, 2.45) is 0 Å².